The highest BCUT2D eigenvalue weighted by Gasteiger charge is 2.34. The van der Waals surface area contributed by atoms with Crippen LogP contribution < -0.4 is 4.90 Å². The summed E-state index contributed by atoms with van der Waals surface area (Å²) in [6.07, 6.45) is 0.0463. The zero-order valence-corrected chi connectivity index (χ0v) is 9.86. The van der Waals surface area contributed by atoms with Gasteiger partial charge in [0, 0.05) is 24.3 Å². The van der Waals surface area contributed by atoms with Crippen molar-refractivity contribution in [3.05, 3.63) is 33.9 Å². The second-order valence-electron chi connectivity index (χ2n) is 3.85. The van der Waals surface area contributed by atoms with E-state index in [1.165, 1.54) is 0 Å². The smallest absolute Gasteiger partial charge is 0.306 e. The second-order valence-corrected chi connectivity index (χ2v) is 4.58. The molecule has 1 aliphatic heterocycles. The Labute approximate surface area is 106 Å². The predicted molar refractivity (Wildman–Crippen MR) is 62.8 cm³/mol. The number of hydrogen-bond donors (Lipinski definition) is 1. The quantitative estimate of drug-likeness (QED) is 0.509. The van der Waals surface area contributed by atoms with Crippen molar-refractivity contribution in [2.45, 2.75) is 11.7 Å². The van der Waals surface area contributed by atoms with Crippen LogP contribution in [0.3, 0.4) is 0 Å². The van der Waals surface area contributed by atoms with Gasteiger partial charge in [0.25, 0.3) is 0 Å². The van der Waals surface area contributed by atoms with Crippen molar-refractivity contribution in [1.29, 1.82) is 0 Å². The summed E-state index contributed by atoms with van der Waals surface area (Å²) in [5, 5.41) is 10.2. The molecule has 1 heterocycles. The van der Waals surface area contributed by atoms with Crippen molar-refractivity contribution in [3.63, 3.8) is 0 Å². The molecule has 0 aliphatic carbocycles. The monoisotopic (exact) mass is 274 g/mol. The lowest BCUT2D eigenvalue weighted by atomic mass is 10.2. The van der Waals surface area contributed by atoms with Crippen LogP contribution in [0.25, 0.3) is 0 Å². The van der Waals surface area contributed by atoms with Crippen LogP contribution in [-0.4, -0.2) is 22.6 Å². The molecule has 1 atom stereocenters. The number of carbonyl (C=O) groups is 1. The van der Waals surface area contributed by atoms with Gasteiger partial charge in [0.2, 0.25) is 11.7 Å². The standard InChI is InChI=1S/C10H8F2N2O3S/c11-6-1-2-7(14(16)17)9(12)10(6)13-4-5(18)3-8(13)15/h1-2,5,18H,3-4H2. The van der Waals surface area contributed by atoms with Crippen LogP contribution in [0.4, 0.5) is 20.2 Å². The fraction of sp³-hybridized carbons (Fsp3) is 0.300. The van der Waals surface area contributed by atoms with Gasteiger partial charge in [-0.05, 0) is 6.07 Å². The van der Waals surface area contributed by atoms with E-state index in [0.29, 0.717) is 0 Å². The van der Waals surface area contributed by atoms with Crippen LogP contribution in [0, 0.1) is 21.7 Å². The highest BCUT2D eigenvalue weighted by atomic mass is 32.1. The molecule has 96 valence electrons. The molecule has 1 saturated heterocycles. The largest absolute Gasteiger partial charge is 0.307 e. The first-order chi connectivity index (χ1) is 8.41. The fourth-order valence-electron chi connectivity index (χ4n) is 1.82. The Balaban J connectivity index is 2.53. The van der Waals surface area contributed by atoms with Crippen LogP contribution >= 0.6 is 12.6 Å². The van der Waals surface area contributed by atoms with Crippen molar-refractivity contribution in [1.82, 2.24) is 0 Å². The molecule has 2 rings (SSSR count). The van der Waals surface area contributed by atoms with E-state index >= 15 is 0 Å². The van der Waals surface area contributed by atoms with E-state index in [-0.39, 0.29) is 18.2 Å². The number of thiol groups is 1. The third-order valence-electron chi connectivity index (χ3n) is 2.62. The van der Waals surface area contributed by atoms with E-state index in [4.69, 9.17) is 0 Å². The maximum absolute atomic E-state index is 13.8. The van der Waals surface area contributed by atoms with Gasteiger partial charge < -0.3 is 4.90 Å². The van der Waals surface area contributed by atoms with Crippen molar-refractivity contribution >= 4 is 29.9 Å². The minimum Gasteiger partial charge on any atom is -0.306 e. The molecule has 18 heavy (non-hydrogen) atoms. The van der Waals surface area contributed by atoms with E-state index in [1.807, 2.05) is 0 Å². The Morgan fingerprint density at radius 2 is 2.11 bits per heavy atom. The summed E-state index contributed by atoms with van der Waals surface area (Å²) in [5.74, 6) is -2.85. The number of nitro groups is 1. The summed E-state index contributed by atoms with van der Waals surface area (Å²) in [4.78, 5) is 22.0. The molecule has 0 aromatic heterocycles. The zero-order valence-electron chi connectivity index (χ0n) is 8.97. The van der Waals surface area contributed by atoms with Crippen LogP contribution in [0.2, 0.25) is 0 Å². The maximum Gasteiger partial charge on any atom is 0.307 e. The highest BCUT2D eigenvalue weighted by Crippen LogP contribution is 2.33. The Kier molecular flexibility index (Phi) is 3.20. The van der Waals surface area contributed by atoms with Gasteiger partial charge in [-0.25, -0.2) is 4.39 Å². The van der Waals surface area contributed by atoms with Gasteiger partial charge in [-0.2, -0.15) is 17.0 Å². The number of amides is 1. The molecular formula is C10H8F2N2O3S. The lowest BCUT2D eigenvalue weighted by molar-refractivity contribution is -0.387. The van der Waals surface area contributed by atoms with E-state index in [9.17, 15) is 23.7 Å². The van der Waals surface area contributed by atoms with Crippen LogP contribution in [0.1, 0.15) is 6.42 Å². The van der Waals surface area contributed by atoms with Crippen molar-refractivity contribution in [3.8, 4) is 0 Å². The Bertz CT molecular complexity index is 538. The molecule has 0 N–H and O–H groups in total. The normalized spacial score (nSPS) is 19.4. The van der Waals surface area contributed by atoms with Gasteiger partial charge in [0.15, 0.2) is 0 Å². The summed E-state index contributed by atoms with van der Waals surface area (Å²) < 4.78 is 27.4. The van der Waals surface area contributed by atoms with Crippen LogP contribution in [-0.2, 0) is 4.79 Å². The summed E-state index contributed by atoms with van der Waals surface area (Å²) >= 11 is 4.05. The van der Waals surface area contributed by atoms with Gasteiger partial charge in [-0.15, -0.1) is 0 Å². The average molecular weight is 274 g/mol. The molecule has 1 unspecified atom stereocenters. The number of rotatable bonds is 2. The molecule has 1 fully saturated rings. The average Bonchev–Trinajstić information content (AvgIpc) is 2.57. The Hall–Kier alpha value is -1.70. The second kappa shape index (κ2) is 4.52. The van der Waals surface area contributed by atoms with E-state index in [2.05, 4.69) is 12.6 Å². The van der Waals surface area contributed by atoms with Crippen molar-refractivity contribution < 1.29 is 18.5 Å². The number of halogens is 2. The molecule has 1 aliphatic rings. The van der Waals surface area contributed by atoms with Crippen LogP contribution in [0.5, 0.6) is 0 Å². The minimum absolute atomic E-state index is 0.0248. The molecule has 0 radical (unpaired) electrons. The minimum atomic E-state index is -1.34. The lowest BCUT2D eigenvalue weighted by Crippen LogP contribution is -2.27. The molecule has 0 spiro atoms. The topological polar surface area (TPSA) is 63.5 Å². The molecule has 0 saturated carbocycles. The Morgan fingerprint density at radius 3 is 2.61 bits per heavy atom. The van der Waals surface area contributed by atoms with Crippen molar-refractivity contribution in [2.75, 3.05) is 11.4 Å². The maximum atomic E-state index is 13.8. The van der Waals surface area contributed by atoms with E-state index in [0.717, 1.165) is 17.0 Å². The van der Waals surface area contributed by atoms with Gasteiger partial charge in [0.1, 0.15) is 11.5 Å². The number of benzene rings is 1. The first-order valence-corrected chi connectivity index (χ1v) is 5.54. The highest BCUT2D eigenvalue weighted by molar-refractivity contribution is 7.81. The summed E-state index contributed by atoms with van der Waals surface area (Å²) in [6.45, 7) is 0.0248. The van der Waals surface area contributed by atoms with Gasteiger partial charge in [-0.3, -0.25) is 14.9 Å². The molecule has 1 aromatic carbocycles. The van der Waals surface area contributed by atoms with Gasteiger partial charge in [-0.1, -0.05) is 0 Å². The van der Waals surface area contributed by atoms with E-state index in [1.54, 1.807) is 0 Å². The van der Waals surface area contributed by atoms with Gasteiger partial charge in [0.05, 0.1) is 4.92 Å². The molecular weight excluding hydrogens is 266 g/mol. The summed E-state index contributed by atoms with van der Waals surface area (Å²) in [5.41, 5.74) is -1.53. The third-order valence-corrected chi connectivity index (χ3v) is 2.96. The number of carbonyl (C=O) groups excluding carboxylic acids is 1. The number of nitro benzene ring substituents is 1. The van der Waals surface area contributed by atoms with Crippen molar-refractivity contribution in [2.24, 2.45) is 0 Å². The third kappa shape index (κ3) is 2.03. The summed E-state index contributed by atoms with van der Waals surface area (Å²) in [7, 11) is 0. The molecule has 0 bridgehead atoms. The Morgan fingerprint density at radius 1 is 1.44 bits per heavy atom. The predicted octanol–water partition coefficient (Wildman–Crippen LogP) is 1.91. The SMILES string of the molecule is O=C1CC(S)CN1c1c(F)ccc([N+](=O)[O-])c1F. The molecule has 1 amide bonds. The molecule has 1 aromatic rings. The number of anilines is 1. The fourth-order valence-corrected chi connectivity index (χ4v) is 2.14. The first-order valence-electron chi connectivity index (χ1n) is 5.02. The number of nitrogens with zero attached hydrogens (tertiary/aromatic N) is 2. The lowest BCUT2D eigenvalue weighted by Gasteiger charge is -2.17. The van der Waals surface area contributed by atoms with Gasteiger partial charge >= 0.3 is 5.69 Å². The molecule has 8 heteroatoms. The van der Waals surface area contributed by atoms with E-state index < -0.39 is 33.8 Å². The zero-order chi connectivity index (χ0) is 13.4. The summed E-state index contributed by atoms with van der Waals surface area (Å²) in [6, 6.07) is 1.50. The number of hydrogen-bond acceptors (Lipinski definition) is 4. The first kappa shape index (κ1) is 12.7. The molecule has 5 nitrogen and oxygen atoms in total. The van der Waals surface area contributed by atoms with Crippen LogP contribution in [0.15, 0.2) is 12.1 Å².